The molecular weight excluding hydrogens is 958 g/mol. The van der Waals surface area contributed by atoms with E-state index < -0.39 is 48.7 Å². The number of rotatable bonds is 25. The minimum atomic E-state index is -3.31. The molecule has 8 heteroatoms. The van der Waals surface area contributed by atoms with Crippen LogP contribution in [-0.2, 0) is 9.59 Å². The predicted octanol–water partition coefficient (Wildman–Crippen LogP) is 14.3. The zero-order valence-corrected chi connectivity index (χ0v) is 45.3. The second-order valence-corrected chi connectivity index (χ2v) is 44.0. The number of methoxy groups -OCH3 is 2. The number of aryl methyl sites for hydroxylation is 2. The second kappa shape index (κ2) is 23.8. The van der Waals surface area contributed by atoms with Crippen LogP contribution >= 0.6 is 0 Å². The van der Waals surface area contributed by atoms with E-state index in [1.54, 1.807) is 14.2 Å². The topological polar surface area (TPSA) is 71.1 Å². The molecule has 0 aliphatic rings. The van der Waals surface area contributed by atoms with Crippen LogP contribution in [-0.4, -0.2) is 62.9 Å². The number of fused-ring (bicyclic) bond motifs is 2. The molecule has 4 aromatic carbocycles. The van der Waals surface area contributed by atoms with E-state index in [2.05, 4.69) is 91.8 Å². The Morgan fingerprint density at radius 2 is 0.750 bits per heavy atom. The fourth-order valence-corrected chi connectivity index (χ4v) is 43.5. The van der Waals surface area contributed by atoms with E-state index in [9.17, 15) is 9.59 Å². The first-order valence-electron chi connectivity index (χ1n) is 23.5. The molecule has 6 nitrogen and oxygen atoms in total. The van der Waals surface area contributed by atoms with Gasteiger partial charge in [0.25, 0.3) is 0 Å². The summed E-state index contributed by atoms with van der Waals surface area (Å²) in [6, 6.07) is 13.7. The molecule has 0 N–H and O–H groups in total. The van der Waals surface area contributed by atoms with Gasteiger partial charge in [0, 0.05) is 0 Å². The van der Waals surface area contributed by atoms with Crippen LogP contribution in [0.3, 0.4) is 0 Å². The summed E-state index contributed by atoms with van der Waals surface area (Å²) >= 11 is -6.61. The first-order chi connectivity index (χ1) is 28.8. The number of unbranched alkanes of at least 4 members (excludes halogenated alkanes) is 6. The van der Waals surface area contributed by atoms with E-state index in [1.807, 2.05) is 0 Å². The van der Waals surface area contributed by atoms with E-state index in [-0.39, 0.29) is 0 Å². The minimum absolute atomic E-state index is 0.392. The predicted molar refractivity (Wildman–Crippen MR) is 261 cm³/mol. The van der Waals surface area contributed by atoms with Gasteiger partial charge in [-0.05, 0) is 0 Å². The maximum atomic E-state index is 13.5. The van der Waals surface area contributed by atoms with Crippen molar-refractivity contribution in [1.29, 1.82) is 0 Å². The molecule has 0 radical (unpaired) electrons. The fraction of sp³-hybridized carbons (Fsp3) is 0.577. The molecular formula is C52H78O6Sn2. The number of esters is 2. The summed E-state index contributed by atoms with van der Waals surface area (Å²) in [7, 11) is 3.45. The molecule has 0 bridgehead atoms. The van der Waals surface area contributed by atoms with Crippen LogP contribution in [0.1, 0.15) is 144 Å². The summed E-state index contributed by atoms with van der Waals surface area (Å²) < 4.78 is 36.2. The van der Waals surface area contributed by atoms with Crippen molar-refractivity contribution in [2.45, 2.75) is 173 Å². The SMILES string of the molecule is CCC[CH2][Sn]([CH2]CCC)([CH2]CCC)[c]1cc(-c2c[c]([Sn]([CH2]CCC)([CH2]CCC)[CH2]CCC)c3cc(C)cc(OC)c3c2OC(C)=O)c(OC(C)=O)c2c(OC)cc(C)cc12. The summed E-state index contributed by atoms with van der Waals surface area (Å²) in [5.41, 5.74) is 3.89. The molecule has 0 saturated heterocycles. The number of carbonyl (C=O) groups is 2. The molecule has 0 atom stereocenters. The normalized spacial score (nSPS) is 12.0. The van der Waals surface area contributed by atoms with E-state index in [0.29, 0.717) is 23.0 Å². The Hall–Kier alpha value is -2.46. The zero-order chi connectivity index (χ0) is 44.0. The molecule has 0 saturated carbocycles. The number of hydrogen-bond acceptors (Lipinski definition) is 6. The average molecular weight is 1040 g/mol. The van der Waals surface area contributed by atoms with Gasteiger partial charge in [-0.25, -0.2) is 0 Å². The Labute approximate surface area is 372 Å². The number of carbonyl (C=O) groups excluding carboxylic acids is 2. The number of hydrogen-bond donors (Lipinski definition) is 0. The summed E-state index contributed by atoms with van der Waals surface area (Å²) in [6.45, 7) is 21.2. The first-order valence-corrected chi connectivity index (χ1v) is 38.5. The number of ether oxygens (including phenoxy) is 4. The molecule has 60 heavy (non-hydrogen) atoms. The van der Waals surface area contributed by atoms with Crippen molar-refractivity contribution in [3.63, 3.8) is 0 Å². The van der Waals surface area contributed by atoms with Crippen LogP contribution in [0.4, 0.5) is 0 Å². The molecule has 0 amide bonds. The van der Waals surface area contributed by atoms with Crippen molar-refractivity contribution in [3.8, 4) is 34.1 Å². The molecule has 0 unspecified atom stereocenters. The Bertz CT molecular complexity index is 1880. The van der Waals surface area contributed by atoms with Crippen molar-refractivity contribution in [3.05, 3.63) is 47.5 Å². The van der Waals surface area contributed by atoms with Crippen LogP contribution < -0.4 is 26.1 Å². The molecule has 0 aromatic heterocycles. The van der Waals surface area contributed by atoms with Gasteiger partial charge in [-0.15, -0.1) is 0 Å². The molecule has 4 rings (SSSR count). The van der Waals surface area contributed by atoms with Crippen molar-refractivity contribution >= 4 is 77.4 Å². The molecule has 330 valence electrons. The fourth-order valence-electron chi connectivity index (χ4n) is 9.99. The van der Waals surface area contributed by atoms with Crippen LogP contribution in [0.25, 0.3) is 32.7 Å². The third-order valence-corrected chi connectivity index (χ3v) is 44.3. The van der Waals surface area contributed by atoms with Crippen molar-refractivity contribution in [2.24, 2.45) is 0 Å². The van der Waals surface area contributed by atoms with E-state index in [4.69, 9.17) is 18.9 Å². The van der Waals surface area contributed by atoms with Gasteiger partial charge in [0.05, 0.1) is 0 Å². The van der Waals surface area contributed by atoms with Gasteiger partial charge < -0.3 is 0 Å². The van der Waals surface area contributed by atoms with Crippen molar-refractivity contribution in [1.82, 2.24) is 0 Å². The third-order valence-electron chi connectivity index (χ3n) is 13.0. The van der Waals surface area contributed by atoms with Crippen LogP contribution in [0.15, 0.2) is 36.4 Å². The van der Waals surface area contributed by atoms with Gasteiger partial charge in [-0.2, -0.15) is 0 Å². The van der Waals surface area contributed by atoms with E-state index >= 15 is 0 Å². The maximum absolute atomic E-state index is 13.5. The molecule has 0 fully saturated rings. The van der Waals surface area contributed by atoms with Gasteiger partial charge in [0.15, 0.2) is 0 Å². The molecule has 4 aromatic rings. The Balaban J connectivity index is 2.47. The Kier molecular flexibility index (Phi) is 19.9. The van der Waals surface area contributed by atoms with E-state index in [0.717, 1.165) is 82.3 Å². The standard InChI is InChI=1S/C28H24O6.6C4H9.2Sn/c1-15-11-19-7-9-21(27(33-17(3)29)25(19)23(13-15)31-5)22-10-8-20-12-16(2)14-24(32-6)26(20)28(22)34-18(4)30;6*1-3-4-2;;/h9-14H,1-6H3;6*1,3-4H2,2H3;;. The molecule has 0 aliphatic carbocycles. The molecule has 0 spiro atoms. The van der Waals surface area contributed by atoms with Gasteiger partial charge in [-0.1, -0.05) is 0 Å². The van der Waals surface area contributed by atoms with Crippen molar-refractivity contribution in [2.75, 3.05) is 14.2 Å². The van der Waals surface area contributed by atoms with Gasteiger partial charge in [-0.3, -0.25) is 0 Å². The Morgan fingerprint density at radius 3 is 0.983 bits per heavy atom. The van der Waals surface area contributed by atoms with Crippen molar-refractivity contribution < 1.29 is 28.5 Å². The van der Waals surface area contributed by atoms with Gasteiger partial charge >= 0.3 is 375 Å². The van der Waals surface area contributed by atoms with Crippen LogP contribution in [0, 0.1) is 13.8 Å². The summed E-state index contributed by atoms with van der Waals surface area (Å²) in [5.74, 6) is 1.60. The quantitative estimate of drug-likeness (QED) is 0.0374. The van der Waals surface area contributed by atoms with Gasteiger partial charge in [0.1, 0.15) is 0 Å². The third kappa shape index (κ3) is 11.6. The second-order valence-electron chi connectivity index (χ2n) is 17.8. The summed E-state index contributed by atoms with van der Waals surface area (Å²) in [5, 5.41) is 4.02. The van der Waals surface area contributed by atoms with E-state index in [1.165, 1.54) is 86.2 Å². The van der Waals surface area contributed by atoms with Gasteiger partial charge in [0.2, 0.25) is 0 Å². The average Bonchev–Trinajstić information content (AvgIpc) is 3.22. The Morgan fingerprint density at radius 1 is 0.467 bits per heavy atom. The first kappa shape index (κ1) is 50.2. The molecule has 0 heterocycles. The monoisotopic (exact) mass is 1040 g/mol. The number of benzene rings is 4. The van der Waals surface area contributed by atoms with Crippen LogP contribution in [0.5, 0.6) is 23.0 Å². The summed E-state index contributed by atoms with van der Waals surface area (Å²) in [4.78, 5) is 26.9. The zero-order valence-electron chi connectivity index (χ0n) is 39.6. The van der Waals surface area contributed by atoms with Crippen LogP contribution in [0.2, 0.25) is 26.6 Å². The summed E-state index contributed by atoms with van der Waals surface area (Å²) in [6.07, 6.45) is 14.1. The molecule has 0 aliphatic heterocycles.